The van der Waals surface area contributed by atoms with Gasteiger partial charge in [-0.25, -0.2) is 4.98 Å². The van der Waals surface area contributed by atoms with Gasteiger partial charge in [-0.15, -0.1) is 0 Å². The molecule has 1 amide bonds. The molecule has 2 unspecified atom stereocenters. The van der Waals surface area contributed by atoms with E-state index in [1.54, 1.807) is 4.90 Å². The normalized spacial score (nSPS) is 24.2. The Balaban J connectivity index is 1.62. The highest BCUT2D eigenvalue weighted by atomic mass is 19.4. The van der Waals surface area contributed by atoms with Crippen molar-refractivity contribution in [3.05, 3.63) is 23.9 Å². The van der Waals surface area contributed by atoms with Gasteiger partial charge in [-0.3, -0.25) is 9.69 Å². The standard InChI is InChI=1S/C19H27F3N4O/c1-2-25-10-5-7-15(25)12-24-18(27)14-6-4-11-26(13-14)17-16(19(20,21)22)8-3-9-23-17/h3,8-9,14-15H,2,4-7,10-13H2,1H3,(H,24,27). The average molecular weight is 384 g/mol. The number of alkyl halides is 3. The van der Waals surface area contributed by atoms with Gasteiger partial charge in [-0.2, -0.15) is 13.2 Å². The number of hydrogen-bond donors (Lipinski definition) is 1. The second-order valence-electron chi connectivity index (χ2n) is 7.33. The van der Waals surface area contributed by atoms with E-state index in [4.69, 9.17) is 0 Å². The predicted octanol–water partition coefficient (Wildman–Crippen LogP) is 2.92. The first-order chi connectivity index (χ1) is 12.9. The summed E-state index contributed by atoms with van der Waals surface area (Å²) in [5, 5.41) is 3.03. The van der Waals surface area contributed by atoms with Crippen molar-refractivity contribution in [2.45, 2.75) is 44.8 Å². The van der Waals surface area contributed by atoms with Crippen LogP contribution < -0.4 is 10.2 Å². The van der Waals surface area contributed by atoms with E-state index in [1.165, 1.54) is 12.3 Å². The summed E-state index contributed by atoms with van der Waals surface area (Å²) >= 11 is 0. The van der Waals surface area contributed by atoms with E-state index >= 15 is 0 Å². The van der Waals surface area contributed by atoms with Crippen molar-refractivity contribution >= 4 is 11.7 Å². The van der Waals surface area contributed by atoms with Crippen LogP contribution >= 0.6 is 0 Å². The molecule has 3 heterocycles. The first-order valence-electron chi connectivity index (χ1n) is 9.69. The lowest BCUT2D eigenvalue weighted by atomic mass is 9.96. The molecule has 8 heteroatoms. The fourth-order valence-corrected chi connectivity index (χ4v) is 4.16. The average Bonchev–Trinajstić information content (AvgIpc) is 3.13. The number of hydrogen-bond acceptors (Lipinski definition) is 4. The van der Waals surface area contributed by atoms with Crippen molar-refractivity contribution < 1.29 is 18.0 Å². The third kappa shape index (κ3) is 4.72. The van der Waals surface area contributed by atoms with Crippen LogP contribution in [0.25, 0.3) is 0 Å². The van der Waals surface area contributed by atoms with Gasteiger partial charge in [0.15, 0.2) is 0 Å². The lowest BCUT2D eigenvalue weighted by Gasteiger charge is -2.34. The SMILES string of the molecule is CCN1CCCC1CNC(=O)C1CCCN(c2ncccc2C(F)(F)F)C1. The summed E-state index contributed by atoms with van der Waals surface area (Å²) in [4.78, 5) is 20.5. The fraction of sp³-hybridized carbons (Fsp3) is 0.684. The van der Waals surface area contributed by atoms with Crippen molar-refractivity contribution in [2.75, 3.05) is 37.6 Å². The van der Waals surface area contributed by atoms with Gasteiger partial charge >= 0.3 is 6.18 Å². The molecule has 1 N–H and O–H groups in total. The number of amides is 1. The van der Waals surface area contributed by atoms with Gasteiger partial charge in [0.25, 0.3) is 0 Å². The maximum absolute atomic E-state index is 13.3. The zero-order valence-electron chi connectivity index (χ0n) is 15.6. The number of carbonyl (C=O) groups excluding carboxylic acids is 1. The van der Waals surface area contributed by atoms with Crippen LogP contribution in [0.4, 0.5) is 19.0 Å². The zero-order valence-corrected chi connectivity index (χ0v) is 15.6. The molecule has 0 radical (unpaired) electrons. The molecular weight excluding hydrogens is 357 g/mol. The number of carbonyl (C=O) groups is 1. The Bertz CT molecular complexity index is 652. The van der Waals surface area contributed by atoms with Crippen LogP contribution in [-0.2, 0) is 11.0 Å². The van der Waals surface area contributed by atoms with Gasteiger partial charge in [0.2, 0.25) is 5.91 Å². The number of likely N-dealkylation sites (tertiary alicyclic amines) is 1. The van der Waals surface area contributed by atoms with E-state index in [2.05, 4.69) is 22.1 Å². The summed E-state index contributed by atoms with van der Waals surface area (Å²) in [6, 6.07) is 2.71. The van der Waals surface area contributed by atoms with Gasteiger partial charge in [-0.05, 0) is 50.9 Å². The van der Waals surface area contributed by atoms with Crippen LogP contribution in [-0.4, -0.2) is 54.6 Å². The summed E-state index contributed by atoms with van der Waals surface area (Å²) in [6.07, 6.45) is 0.507. The third-order valence-corrected chi connectivity index (χ3v) is 5.60. The van der Waals surface area contributed by atoms with Gasteiger partial charge < -0.3 is 10.2 Å². The topological polar surface area (TPSA) is 48.5 Å². The molecule has 2 atom stereocenters. The van der Waals surface area contributed by atoms with Gasteiger partial charge in [0.05, 0.1) is 11.5 Å². The smallest absolute Gasteiger partial charge is 0.355 e. The predicted molar refractivity (Wildman–Crippen MR) is 97.5 cm³/mol. The molecule has 0 bridgehead atoms. The molecular formula is C19H27F3N4O. The molecule has 0 aromatic carbocycles. The minimum absolute atomic E-state index is 0.0628. The van der Waals surface area contributed by atoms with E-state index in [0.29, 0.717) is 32.0 Å². The summed E-state index contributed by atoms with van der Waals surface area (Å²) in [5.74, 6) is -0.444. The quantitative estimate of drug-likeness (QED) is 0.848. The molecule has 2 aliphatic heterocycles. The third-order valence-electron chi connectivity index (χ3n) is 5.60. The molecule has 2 fully saturated rings. The Labute approximate surface area is 157 Å². The molecule has 2 saturated heterocycles. The van der Waals surface area contributed by atoms with Crippen LogP contribution in [0.1, 0.15) is 38.2 Å². The molecule has 0 saturated carbocycles. The highest BCUT2D eigenvalue weighted by Crippen LogP contribution is 2.36. The number of likely N-dealkylation sites (N-methyl/N-ethyl adjacent to an activating group) is 1. The highest BCUT2D eigenvalue weighted by Gasteiger charge is 2.37. The Morgan fingerprint density at radius 1 is 1.30 bits per heavy atom. The van der Waals surface area contributed by atoms with Crippen molar-refractivity contribution in [2.24, 2.45) is 5.92 Å². The van der Waals surface area contributed by atoms with Crippen molar-refractivity contribution in [3.8, 4) is 0 Å². The first kappa shape index (κ1) is 19.9. The van der Waals surface area contributed by atoms with Crippen LogP contribution in [0.15, 0.2) is 18.3 Å². The Hall–Kier alpha value is -1.83. The largest absolute Gasteiger partial charge is 0.419 e. The fourth-order valence-electron chi connectivity index (χ4n) is 4.16. The molecule has 0 aliphatic carbocycles. The molecule has 1 aromatic rings. The van der Waals surface area contributed by atoms with Crippen molar-refractivity contribution in [1.82, 2.24) is 15.2 Å². The van der Waals surface area contributed by atoms with Gasteiger partial charge in [-0.1, -0.05) is 6.92 Å². The zero-order chi connectivity index (χ0) is 19.4. The number of nitrogens with zero attached hydrogens (tertiary/aromatic N) is 3. The Morgan fingerprint density at radius 3 is 2.81 bits per heavy atom. The lowest BCUT2D eigenvalue weighted by molar-refractivity contribution is -0.137. The highest BCUT2D eigenvalue weighted by molar-refractivity contribution is 5.79. The van der Waals surface area contributed by atoms with E-state index in [1.807, 2.05) is 0 Å². The van der Waals surface area contributed by atoms with Crippen LogP contribution in [0.2, 0.25) is 0 Å². The van der Waals surface area contributed by atoms with Crippen LogP contribution in [0.5, 0.6) is 0 Å². The number of pyridine rings is 1. The van der Waals surface area contributed by atoms with Crippen molar-refractivity contribution in [1.29, 1.82) is 0 Å². The minimum Gasteiger partial charge on any atom is -0.355 e. The van der Waals surface area contributed by atoms with E-state index in [0.717, 1.165) is 32.0 Å². The van der Waals surface area contributed by atoms with E-state index in [9.17, 15) is 18.0 Å². The van der Waals surface area contributed by atoms with E-state index in [-0.39, 0.29) is 24.2 Å². The van der Waals surface area contributed by atoms with Crippen molar-refractivity contribution in [3.63, 3.8) is 0 Å². The molecule has 2 aliphatic rings. The summed E-state index contributed by atoms with van der Waals surface area (Å²) in [7, 11) is 0. The molecule has 3 rings (SSSR count). The van der Waals surface area contributed by atoms with Crippen LogP contribution in [0, 0.1) is 5.92 Å². The molecule has 150 valence electrons. The second kappa shape index (κ2) is 8.46. The second-order valence-corrected chi connectivity index (χ2v) is 7.33. The molecule has 5 nitrogen and oxygen atoms in total. The maximum atomic E-state index is 13.3. The first-order valence-corrected chi connectivity index (χ1v) is 9.69. The summed E-state index contributed by atoms with van der Waals surface area (Å²) < 4.78 is 39.8. The minimum atomic E-state index is -4.45. The number of anilines is 1. The Morgan fingerprint density at radius 2 is 2.07 bits per heavy atom. The number of aromatic nitrogens is 1. The number of halogens is 3. The monoisotopic (exact) mass is 384 g/mol. The number of nitrogens with one attached hydrogen (secondary N) is 1. The van der Waals surface area contributed by atoms with Crippen LogP contribution in [0.3, 0.4) is 0 Å². The Kier molecular flexibility index (Phi) is 6.24. The molecule has 27 heavy (non-hydrogen) atoms. The van der Waals surface area contributed by atoms with Gasteiger partial charge in [0, 0.05) is 31.9 Å². The number of rotatable bonds is 5. The molecule has 0 spiro atoms. The number of piperidine rings is 1. The lowest BCUT2D eigenvalue weighted by Crippen LogP contribution is -2.47. The summed E-state index contributed by atoms with van der Waals surface area (Å²) in [6.45, 7) is 5.51. The maximum Gasteiger partial charge on any atom is 0.419 e. The molecule has 1 aromatic heterocycles. The summed E-state index contributed by atoms with van der Waals surface area (Å²) in [5.41, 5.74) is -0.740. The van der Waals surface area contributed by atoms with Gasteiger partial charge in [0.1, 0.15) is 5.82 Å². The van der Waals surface area contributed by atoms with E-state index < -0.39 is 11.7 Å².